The van der Waals surface area contributed by atoms with Crippen molar-refractivity contribution in [1.82, 2.24) is 35.9 Å². The number of fused-ring (bicyclic) bond motifs is 2. The molecule has 0 radical (unpaired) electrons. The molecule has 0 aliphatic rings. The van der Waals surface area contributed by atoms with Gasteiger partial charge in [-0.05, 0) is 23.3 Å². The molecule has 3 heterocycles. The van der Waals surface area contributed by atoms with Crippen LogP contribution in [0.3, 0.4) is 0 Å². The SMILES string of the molecule is NCC(=O)NC(Cc1cnc[nH]1)C(=O)NC(Cc1c[nH]c2ccccc12)C(=O)NC(Cc1c[nH]c2ccccc12)C(=O)O. The Labute approximate surface area is 245 Å². The zero-order valence-electron chi connectivity index (χ0n) is 23.1. The average molecular weight is 585 g/mol. The van der Waals surface area contributed by atoms with Crippen LogP contribution < -0.4 is 21.7 Å². The second-order valence-electron chi connectivity index (χ2n) is 10.2. The summed E-state index contributed by atoms with van der Waals surface area (Å²) >= 11 is 0. The smallest absolute Gasteiger partial charge is 0.326 e. The number of carbonyl (C=O) groups excluding carboxylic acids is 3. The average Bonchev–Trinajstić information content (AvgIpc) is 3.77. The van der Waals surface area contributed by atoms with Crippen molar-refractivity contribution in [2.45, 2.75) is 37.4 Å². The van der Waals surface area contributed by atoms with Crippen molar-refractivity contribution in [3.63, 3.8) is 0 Å². The third-order valence-corrected chi connectivity index (χ3v) is 7.26. The van der Waals surface area contributed by atoms with Gasteiger partial charge in [-0.2, -0.15) is 0 Å². The highest BCUT2D eigenvalue weighted by Crippen LogP contribution is 2.21. The van der Waals surface area contributed by atoms with Crippen molar-refractivity contribution in [1.29, 1.82) is 0 Å². The van der Waals surface area contributed by atoms with Crippen LogP contribution >= 0.6 is 0 Å². The first-order chi connectivity index (χ1) is 20.8. The number of aromatic nitrogens is 4. The van der Waals surface area contributed by atoms with Crippen molar-refractivity contribution < 1.29 is 24.3 Å². The molecule has 0 aliphatic heterocycles. The maximum atomic E-state index is 13.7. The third-order valence-electron chi connectivity index (χ3n) is 7.26. The van der Waals surface area contributed by atoms with Crippen LogP contribution in [0.4, 0.5) is 0 Å². The molecular weight excluding hydrogens is 552 g/mol. The zero-order chi connectivity index (χ0) is 30.3. The predicted molar refractivity (Wildman–Crippen MR) is 159 cm³/mol. The fourth-order valence-electron chi connectivity index (χ4n) is 5.07. The van der Waals surface area contributed by atoms with Gasteiger partial charge in [-0.25, -0.2) is 9.78 Å². The minimum absolute atomic E-state index is 0.0217. The summed E-state index contributed by atoms with van der Waals surface area (Å²) < 4.78 is 0. The maximum absolute atomic E-state index is 13.7. The Kier molecular flexibility index (Phi) is 8.82. The lowest BCUT2D eigenvalue weighted by Crippen LogP contribution is -2.57. The number of nitrogens with one attached hydrogen (secondary N) is 6. The van der Waals surface area contributed by atoms with Gasteiger partial charge in [-0.15, -0.1) is 0 Å². The number of nitrogens with zero attached hydrogens (tertiary/aromatic N) is 1. The van der Waals surface area contributed by atoms with Crippen LogP contribution in [0.2, 0.25) is 0 Å². The van der Waals surface area contributed by atoms with E-state index in [-0.39, 0.29) is 25.8 Å². The molecule has 5 aromatic rings. The molecule has 3 aromatic heterocycles. The summed E-state index contributed by atoms with van der Waals surface area (Å²) in [7, 11) is 0. The Bertz CT molecular complexity index is 1740. The summed E-state index contributed by atoms with van der Waals surface area (Å²) in [5.74, 6) is -3.10. The predicted octanol–water partition coefficient (Wildman–Crippen LogP) is 0.898. The summed E-state index contributed by atoms with van der Waals surface area (Å²) in [5.41, 5.74) is 9.22. The number of benzene rings is 2. The third kappa shape index (κ3) is 6.90. The first-order valence-electron chi connectivity index (χ1n) is 13.7. The molecule has 3 unspecified atom stereocenters. The zero-order valence-corrected chi connectivity index (χ0v) is 23.1. The monoisotopic (exact) mass is 584 g/mol. The molecule has 2 aromatic carbocycles. The number of carboxylic acid groups (broad SMARTS) is 1. The molecule has 3 amide bonds. The van der Waals surface area contributed by atoms with E-state index in [1.165, 1.54) is 12.5 Å². The fraction of sp³-hybridized carbons (Fsp3) is 0.233. The van der Waals surface area contributed by atoms with Gasteiger partial charge in [-0.3, -0.25) is 14.4 Å². The Hall–Kier alpha value is -5.43. The molecule has 9 N–H and O–H groups in total. The van der Waals surface area contributed by atoms with Gasteiger partial charge < -0.3 is 41.7 Å². The van der Waals surface area contributed by atoms with Crippen LogP contribution in [0.1, 0.15) is 16.8 Å². The van der Waals surface area contributed by atoms with Crippen LogP contribution in [-0.4, -0.2) is 73.4 Å². The van der Waals surface area contributed by atoms with E-state index in [9.17, 15) is 24.3 Å². The summed E-state index contributed by atoms with van der Waals surface area (Å²) in [6.07, 6.45) is 6.58. The van der Waals surface area contributed by atoms with Gasteiger partial charge in [0.15, 0.2) is 0 Å². The van der Waals surface area contributed by atoms with Crippen LogP contribution in [0, 0.1) is 0 Å². The highest BCUT2D eigenvalue weighted by molar-refractivity contribution is 5.95. The molecule has 0 saturated carbocycles. The van der Waals surface area contributed by atoms with E-state index in [0.29, 0.717) is 5.69 Å². The molecule has 222 valence electrons. The van der Waals surface area contributed by atoms with Gasteiger partial charge in [0.2, 0.25) is 17.7 Å². The van der Waals surface area contributed by atoms with E-state index in [1.54, 1.807) is 12.4 Å². The van der Waals surface area contributed by atoms with Crippen LogP contribution in [0.15, 0.2) is 73.4 Å². The van der Waals surface area contributed by atoms with Gasteiger partial charge in [0.25, 0.3) is 0 Å². The number of hydrogen-bond donors (Lipinski definition) is 8. The lowest BCUT2D eigenvalue weighted by atomic mass is 10.0. The summed E-state index contributed by atoms with van der Waals surface area (Å²) in [6, 6.07) is 11.5. The van der Waals surface area contributed by atoms with Crippen molar-refractivity contribution in [2.75, 3.05) is 6.54 Å². The second kappa shape index (κ2) is 13.0. The molecule has 5 rings (SSSR count). The van der Waals surface area contributed by atoms with E-state index in [4.69, 9.17) is 5.73 Å². The first-order valence-corrected chi connectivity index (χ1v) is 13.7. The quantitative estimate of drug-likeness (QED) is 0.100. The van der Waals surface area contributed by atoms with E-state index in [1.807, 2.05) is 48.5 Å². The van der Waals surface area contributed by atoms with E-state index in [2.05, 4.69) is 35.9 Å². The molecule has 43 heavy (non-hydrogen) atoms. The number of amides is 3. The van der Waals surface area contributed by atoms with Crippen molar-refractivity contribution in [3.8, 4) is 0 Å². The van der Waals surface area contributed by atoms with Crippen molar-refractivity contribution in [3.05, 3.63) is 90.3 Å². The number of imidazole rings is 1. The summed E-state index contributed by atoms with van der Waals surface area (Å²) in [6.45, 7) is -0.333. The van der Waals surface area contributed by atoms with Crippen LogP contribution in [0.5, 0.6) is 0 Å². The molecular formula is C30H32N8O5. The van der Waals surface area contributed by atoms with Crippen LogP contribution in [0.25, 0.3) is 21.8 Å². The Balaban J connectivity index is 1.40. The number of carboxylic acids is 1. The van der Waals surface area contributed by atoms with E-state index >= 15 is 0 Å². The minimum Gasteiger partial charge on any atom is -0.480 e. The molecule has 13 heteroatoms. The largest absolute Gasteiger partial charge is 0.480 e. The Morgan fingerprint density at radius 1 is 0.744 bits per heavy atom. The topological polar surface area (TPSA) is 211 Å². The molecule has 3 atom stereocenters. The number of aliphatic carboxylic acids is 1. The minimum atomic E-state index is -1.27. The van der Waals surface area contributed by atoms with Gasteiger partial charge in [0.05, 0.1) is 12.9 Å². The van der Waals surface area contributed by atoms with E-state index < -0.39 is 41.8 Å². The summed E-state index contributed by atoms with van der Waals surface area (Å²) in [5, 5.41) is 19.7. The Morgan fingerprint density at radius 3 is 1.81 bits per heavy atom. The standard InChI is InChI=1S/C30H32N8O5/c31-12-27(39)36-25(11-19-15-32-16-35-19)29(41)37-24(9-17-13-33-22-7-3-1-5-20(17)22)28(40)38-26(30(42)43)10-18-14-34-23-8-4-2-6-21(18)23/h1-8,13-16,24-26,33-34H,9-12,31H2,(H,32,35)(H,36,39)(H,37,41)(H,38,40)(H,42,43). The normalized spacial score (nSPS) is 13.3. The van der Waals surface area contributed by atoms with Crippen molar-refractivity contribution >= 4 is 45.5 Å². The molecule has 0 saturated heterocycles. The number of H-pyrrole nitrogens is 3. The number of rotatable bonds is 13. The van der Waals surface area contributed by atoms with Gasteiger partial charge in [0.1, 0.15) is 18.1 Å². The lowest BCUT2D eigenvalue weighted by molar-refractivity contribution is -0.142. The number of aromatic amines is 3. The fourth-order valence-corrected chi connectivity index (χ4v) is 5.07. The number of hydrogen-bond acceptors (Lipinski definition) is 6. The number of nitrogens with two attached hydrogens (primary N) is 1. The number of carbonyl (C=O) groups is 4. The molecule has 0 bridgehead atoms. The summed E-state index contributed by atoms with van der Waals surface area (Å²) in [4.78, 5) is 64.8. The maximum Gasteiger partial charge on any atom is 0.326 e. The van der Waals surface area contributed by atoms with Gasteiger partial charge >= 0.3 is 5.97 Å². The van der Waals surface area contributed by atoms with E-state index in [0.717, 1.165) is 32.9 Å². The Morgan fingerprint density at radius 2 is 1.28 bits per heavy atom. The highest BCUT2D eigenvalue weighted by Gasteiger charge is 2.31. The number of para-hydroxylation sites is 2. The lowest BCUT2D eigenvalue weighted by Gasteiger charge is -2.24. The first kappa shape index (κ1) is 29.1. The molecule has 0 fully saturated rings. The molecule has 0 spiro atoms. The molecule has 0 aliphatic carbocycles. The highest BCUT2D eigenvalue weighted by atomic mass is 16.4. The second-order valence-corrected chi connectivity index (χ2v) is 10.2. The molecule has 13 nitrogen and oxygen atoms in total. The van der Waals surface area contributed by atoms with Gasteiger partial charge in [0, 0.05) is 65.4 Å². The van der Waals surface area contributed by atoms with Crippen molar-refractivity contribution in [2.24, 2.45) is 5.73 Å². The van der Waals surface area contributed by atoms with Crippen LogP contribution in [-0.2, 0) is 38.4 Å². The van der Waals surface area contributed by atoms with Gasteiger partial charge in [-0.1, -0.05) is 36.4 Å².